The fraction of sp³-hybridized carbons (Fsp3) is 0.200. The molecule has 0 radical (unpaired) electrons. The van der Waals surface area contributed by atoms with Gasteiger partial charge in [0.1, 0.15) is 5.41 Å². The monoisotopic (exact) mass is 352 g/mol. The minimum absolute atomic E-state index is 0.346. The maximum atomic E-state index is 11.8. The number of thiophene rings is 1. The third-order valence-corrected chi connectivity index (χ3v) is 5.02. The molecule has 0 saturated heterocycles. The highest BCUT2D eigenvalue weighted by Gasteiger charge is 2.34. The molecular formula is C20H20N2O2S. The molecule has 0 bridgehead atoms. The number of nitrogens with zero attached hydrogens (tertiary/aromatic N) is 1. The fourth-order valence-electron chi connectivity index (χ4n) is 2.67. The summed E-state index contributed by atoms with van der Waals surface area (Å²) in [5.41, 5.74) is 2.92. The maximum Gasteiger partial charge on any atom is 0.315 e. The summed E-state index contributed by atoms with van der Waals surface area (Å²) in [7, 11) is 0. The molecule has 0 amide bonds. The molecule has 4 nitrogen and oxygen atoms in total. The van der Waals surface area contributed by atoms with Crippen molar-refractivity contribution < 1.29 is 9.90 Å². The van der Waals surface area contributed by atoms with Crippen LogP contribution >= 0.6 is 11.3 Å². The number of aliphatic carboxylic acids is 1. The van der Waals surface area contributed by atoms with Crippen molar-refractivity contribution in [2.45, 2.75) is 18.9 Å². The molecule has 2 N–H and O–H groups in total. The third-order valence-electron chi connectivity index (χ3n) is 4.33. The molecular weight excluding hydrogens is 332 g/mol. The molecule has 0 aliphatic carbocycles. The van der Waals surface area contributed by atoms with Gasteiger partial charge in [0.25, 0.3) is 0 Å². The number of nitrogens with one attached hydrogen (secondary N) is 1. The highest BCUT2D eigenvalue weighted by molar-refractivity contribution is 7.08. The standard InChI is InChI=1S/C20H20N2O2S/c1-20(19(23)24,17-5-3-2-4-6-17)14-21-11-15-7-8-18(22-12-15)16-9-10-25-13-16/h2-10,12-13,21H,11,14H2,1H3,(H,23,24). The van der Waals surface area contributed by atoms with Gasteiger partial charge in [0.05, 0.1) is 5.69 Å². The van der Waals surface area contributed by atoms with E-state index in [9.17, 15) is 9.90 Å². The van der Waals surface area contributed by atoms with Gasteiger partial charge >= 0.3 is 5.97 Å². The Morgan fingerprint density at radius 1 is 1.20 bits per heavy atom. The first-order chi connectivity index (χ1) is 12.1. The lowest BCUT2D eigenvalue weighted by Gasteiger charge is -2.25. The van der Waals surface area contributed by atoms with Crippen LogP contribution in [-0.2, 0) is 16.8 Å². The van der Waals surface area contributed by atoms with E-state index < -0.39 is 11.4 Å². The van der Waals surface area contributed by atoms with Gasteiger partial charge in [0.15, 0.2) is 0 Å². The zero-order valence-corrected chi connectivity index (χ0v) is 14.8. The molecule has 25 heavy (non-hydrogen) atoms. The van der Waals surface area contributed by atoms with Crippen LogP contribution in [0.5, 0.6) is 0 Å². The Hall–Kier alpha value is -2.50. The highest BCUT2D eigenvalue weighted by atomic mass is 32.1. The van der Waals surface area contributed by atoms with Crippen LogP contribution in [-0.4, -0.2) is 22.6 Å². The van der Waals surface area contributed by atoms with E-state index in [4.69, 9.17) is 0 Å². The molecule has 128 valence electrons. The van der Waals surface area contributed by atoms with Gasteiger partial charge in [-0.1, -0.05) is 36.4 Å². The number of aromatic nitrogens is 1. The zero-order valence-electron chi connectivity index (χ0n) is 14.0. The molecule has 0 spiro atoms. The smallest absolute Gasteiger partial charge is 0.315 e. The molecule has 1 aromatic carbocycles. The van der Waals surface area contributed by atoms with Crippen molar-refractivity contribution >= 4 is 17.3 Å². The number of carbonyl (C=O) groups is 1. The SMILES string of the molecule is CC(CNCc1ccc(-c2ccsc2)nc1)(C(=O)O)c1ccccc1. The van der Waals surface area contributed by atoms with Crippen LogP contribution in [0.1, 0.15) is 18.1 Å². The van der Waals surface area contributed by atoms with E-state index in [1.165, 1.54) is 0 Å². The predicted molar refractivity (Wildman–Crippen MR) is 101 cm³/mol. The van der Waals surface area contributed by atoms with E-state index in [0.29, 0.717) is 13.1 Å². The molecule has 0 fully saturated rings. The van der Waals surface area contributed by atoms with Gasteiger partial charge in [-0.25, -0.2) is 0 Å². The zero-order chi connectivity index (χ0) is 17.7. The summed E-state index contributed by atoms with van der Waals surface area (Å²) in [6.07, 6.45) is 1.83. The minimum atomic E-state index is -0.967. The topological polar surface area (TPSA) is 62.2 Å². The first-order valence-electron chi connectivity index (χ1n) is 8.07. The van der Waals surface area contributed by atoms with Crippen molar-refractivity contribution in [2.24, 2.45) is 0 Å². The Kier molecular flexibility index (Phi) is 5.26. The van der Waals surface area contributed by atoms with Crippen LogP contribution in [0.15, 0.2) is 65.5 Å². The van der Waals surface area contributed by atoms with Crippen LogP contribution in [0.3, 0.4) is 0 Å². The van der Waals surface area contributed by atoms with Crippen LogP contribution in [0.25, 0.3) is 11.3 Å². The second-order valence-electron chi connectivity index (χ2n) is 6.17. The molecule has 1 unspecified atom stereocenters. The fourth-order valence-corrected chi connectivity index (χ4v) is 3.32. The van der Waals surface area contributed by atoms with Gasteiger partial charge in [-0.3, -0.25) is 9.78 Å². The van der Waals surface area contributed by atoms with Gasteiger partial charge in [-0.05, 0) is 35.6 Å². The molecule has 0 aliphatic rings. The summed E-state index contributed by atoms with van der Waals surface area (Å²) in [5, 5.41) is 17.0. The molecule has 2 aromatic heterocycles. The van der Waals surface area contributed by atoms with Crippen LogP contribution < -0.4 is 5.32 Å². The summed E-state index contributed by atoms with van der Waals surface area (Å²) in [5.74, 6) is -0.836. The van der Waals surface area contributed by atoms with Crippen molar-refractivity contribution in [1.29, 1.82) is 0 Å². The van der Waals surface area contributed by atoms with Gasteiger partial charge in [-0.15, -0.1) is 0 Å². The Balaban J connectivity index is 1.64. The van der Waals surface area contributed by atoms with E-state index in [0.717, 1.165) is 22.4 Å². The minimum Gasteiger partial charge on any atom is -0.481 e. The summed E-state index contributed by atoms with van der Waals surface area (Å²) in [4.78, 5) is 16.3. The molecule has 0 aliphatic heterocycles. The second-order valence-corrected chi connectivity index (χ2v) is 6.95. The maximum absolute atomic E-state index is 11.8. The van der Waals surface area contributed by atoms with Crippen LogP contribution in [0, 0.1) is 0 Å². The average Bonchev–Trinajstić information content (AvgIpc) is 3.17. The number of pyridine rings is 1. The van der Waals surface area contributed by atoms with E-state index in [1.807, 2.05) is 60.1 Å². The summed E-state index contributed by atoms with van der Waals surface area (Å²) < 4.78 is 0. The quantitative estimate of drug-likeness (QED) is 0.676. The van der Waals surface area contributed by atoms with Crippen molar-refractivity contribution in [3.05, 3.63) is 76.6 Å². The lowest BCUT2D eigenvalue weighted by atomic mass is 9.82. The number of benzene rings is 1. The molecule has 2 heterocycles. The second kappa shape index (κ2) is 7.59. The van der Waals surface area contributed by atoms with Gasteiger partial charge in [0, 0.05) is 30.2 Å². The molecule has 5 heteroatoms. The molecule has 3 rings (SSSR count). The number of carboxylic acid groups (broad SMARTS) is 1. The predicted octanol–water partition coefficient (Wildman–Crippen LogP) is 3.94. The van der Waals surface area contributed by atoms with Crippen molar-refractivity contribution in [3.63, 3.8) is 0 Å². The van der Waals surface area contributed by atoms with Crippen LogP contribution in [0.2, 0.25) is 0 Å². The summed E-state index contributed by atoms with van der Waals surface area (Å²) in [6.45, 7) is 2.67. The molecule has 1 atom stereocenters. The lowest BCUT2D eigenvalue weighted by molar-refractivity contribution is -0.143. The number of carboxylic acids is 1. The normalized spacial score (nSPS) is 13.3. The van der Waals surface area contributed by atoms with E-state index >= 15 is 0 Å². The van der Waals surface area contributed by atoms with E-state index in [-0.39, 0.29) is 0 Å². The van der Waals surface area contributed by atoms with Crippen molar-refractivity contribution in [3.8, 4) is 11.3 Å². The van der Waals surface area contributed by atoms with Gasteiger partial charge in [-0.2, -0.15) is 11.3 Å². The van der Waals surface area contributed by atoms with Gasteiger partial charge in [0.2, 0.25) is 0 Å². The van der Waals surface area contributed by atoms with Crippen molar-refractivity contribution in [1.82, 2.24) is 10.3 Å². The van der Waals surface area contributed by atoms with Crippen LogP contribution in [0.4, 0.5) is 0 Å². The summed E-state index contributed by atoms with van der Waals surface area (Å²) >= 11 is 1.65. The van der Waals surface area contributed by atoms with E-state index in [2.05, 4.69) is 15.7 Å². The highest BCUT2D eigenvalue weighted by Crippen LogP contribution is 2.24. The number of hydrogen-bond acceptors (Lipinski definition) is 4. The Morgan fingerprint density at radius 2 is 2.00 bits per heavy atom. The molecule has 3 aromatic rings. The Morgan fingerprint density at radius 3 is 2.60 bits per heavy atom. The van der Waals surface area contributed by atoms with Gasteiger partial charge < -0.3 is 10.4 Å². The first kappa shape index (κ1) is 17.3. The number of rotatable bonds is 7. The average molecular weight is 352 g/mol. The lowest BCUT2D eigenvalue weighted by Crippen LogP contribution is -2.42. The Labute approximate surface area is 151 Å². The summed E-state index contributed by atoms with van der Waals surface area (Å²) in [6, 6.07) is 15.4. The third kappa shape index (κ3) is 3.95. The van der Waals surface area contributed by atoms with E-state index in [1.54, 1.807) is 18.3 Å². The van der Waals surface area contributed by atoms with Crippen molar-refractivity contribution in [2.75, 3.05) is 6.54 Å². The first-order valence-corrected chi connectivity index (χ1v) is 9.01. The number of hydrogen-bond donors (Lipinski definition) is 2. The largest absolute Gasteiger partial charge is 0.481 e. The molecule has 0 saturated carbocycles. The Bertz CT molecular complexity index is 817.